The molecule has 1 atom stereocenters. The first-order valence-electron chi connectivity index (χ1n) is 5.88. The molecule has 1 N–H and O–H groups in total. The first-order chi connectivity index (χ1) is 7.79. The maximum Gasteiger partial charge on any atom is 0.411 e. The molecule has 1 fully saturated rings. The molecule has 0 aromatic carbocycles. The maximum absolute atomic E-state index is 11.8. The van der Waals surface area contributed by atoms with Gasteiger partial charge in [0.25, 0.3) is 0 Å². The molecule has 0 bridgehead atoms. The zero-order valence-electron chi connectivity index (χ0n) is 10.1. The maximum atomic E-state index is 11.8. The predicted octanol–water partition coefficient (Wildman–Crippen LogP) is 1.80. The highest BCUT2D eigenvalue weighted by molar-refractivity contribution is 4.82. The Kier molecular flexibility index (Phi) is 5.22. The van der Waals surface area contributed by atoms with E-state index in [1.807, 2.05) is 0 Å². The number of ether oxygens (including phenoxy) is 1. The fourth-order valence-corrected chi connectivity index (χ4v) is 2.09. The minimum Gasteiger partial charge on any atom is -0.389 e. The largest absolute Gasteiger partial charge is 0.411 e. The lowest BCUT2D eigenvalue weighted by Crippen LogP contribution is -2.46. The van der Waals surface area contributed by atoms with E-state index in [1.165, 1.54) is 0 Å². The molecule has 1 unspecified atom stereocenters. The summed E-state index contributed by atoms with van der Waals surface area (Å²) in [6.07, 6.45) is -1.97. The minimum atomic E-state index is -4.24. The molecule has 1 heterocycles. The summed E-state index contributed by atoms with van der Waals surface area (Å²) in [5, 5.41) is 9.83. The summed E-state index contributed by atoms with van der Waals surface area (Å²) >= 11 is 0. The highest BCUT2D eigenvalue weighted by atomic mass is 19.4. The molecule has 1 rings (SSSR count). The number of piperidine rings is 1. The van der Waals surface area contributed by atoms with Crippen molar-refractivity contribution in [1.29, 1.82) is 0 Å². The Hall–Kier alpha value is -0.330. The first kappa shape index (κ1) is 14.7. The quantitative estimate of drug-likeness (QED) is 0.760. The molecular formula is C11H20F3NO2. The van der Waals surface area contributed by atoms with E-state index in [0.29, 0.717) is 19.5 Å². The van der Waals surface area contributed by atoms with Crippen LogP contribution in [0.3, 0.4) is 0 Å². The number of hydrogen-bond donors (Lipinski definition) is 1. The molecular weight excluding hydrogens is 235 g/mol. The van der Waals surface area contributed by atoms with Gasteiger partial charge in [0.2, 0.25) is 0 Å². The van der Waals surface area contributed by atoms with Gasteiger partial charge < -0.3 is 14.7 Å². The highest BCUT2D eigenvalue weighted by Gasteiger charge is 2.28. The van der Waals surface area contributed by atoms with Crippen molar-refractivity contribution in [2.24, 2.45) is 0 Å². The lowest BCUT2D eigenvalue weighted by Gasteiger charge is -2.36. The van der Waals surface area contributed by atoms with Crippen LogP contribution in [0.5, 0.6) is 0 Å². The summed E-state index contributed by atoms with van der Waals surface area (Å²) < 4.78 is 39.8. The van der Waals surface area contributed by atoms with Gasteiger partial charge in [-0.05, 0) is 32.7 Å². The van der Waals surface area contributed by atoms with Gasteiger partial charge in [0.05, 0.1) is 5.60 Å². The fourth-order valence-electron chi connectivity index (χ4n) is 2.09. The molecule has 0 aromatic rings. The zero-order valence-corrected chi connectivity index (χ0v) is 10.1. The molecule has 1 saturated heterocycles. The predicted molar refractivity (Wildman–Crippen MR) is 57.8 cm³/mol. The molecule has 17 heavy (non-hydrogen) atoms. The number of β-amino-alcohol motifs (C(OH)–C–C–N with tert-alkyl or cyclic N) is 1. The van der Waals surface area contributed by atoms with Gasteiger partial charge >= 0.3 is 6.18 Å². The van der Waals surface area contributed by atoms with Crippen molar-refractivity contribution >= 4 is 0 Å². The molecule has 0 spiro atoms. The highest BCUT2D eigenvalue weighted by Crippen LogP contribution is 2.20. The van der Waals surface area contributed by atoms with Gasteiger partial charge in [-0.1, -0.05) is 0 Å². The van der Waals surface area contributed by atoms with Crippen molar-refractivity contribution in [2.45, 2.75) is 38.0 Å². The number of hydrogen-bond acceptors (Lipinski definition) is 3. The van der Waals surface area contributed by atoms with Crippen LogP contribution in [0.25, 0.3) is 0 Å². The molecule has 0 amide bonds. The van der Waals surface area contributed by atoms with Crippen molar-refractivity contribution in [1.82, 2.24) is 4.90 Å². The Morgan fingerprint density at radius 2 is 2.12 bits per heavy atom. The Balaban J connectivity index is 2.07. The van der Waals surface area contributed by atoms with Crippen LogP contribution < -0.4 is 0 Å². The van der Waals surface area contributed by atoms with Crippen molar-refractivity contribution in [2.75, 3.05) is 32.8 Å². The lowest BCUT2D eigenvalue weighted by atomic mass is 9.95. The van der Waals surface area contributed by atoms with Crippen LogP contribution >= 0.6 is 0 Å². The number of nitrogens with zero attached hydrogens (tertiary/aromatic N) is 1. The standard InChI is InChI=1S/C11H20F3NO2/c1-10(16)4-2-5-15(8-10)6-3-7-17-9-11(12,13)14/h16H,2-9H2,1H3. The van der Waals surface area contributed by atoms with E-state index in [1.54, 1.807) is 6.92 Å². The van der Waals surface area contributed by atoms with E-state index < -0.39 is 18.4 Å². The number of alkyl halides is 3. The molecule has 1 aliphatic heterocycles. The van der Waals surface area contributed by atoms with Crippen LogP contribution in [0.2, 0.25) is 0 Å². The Morgan fingerprint density at radius 3 is 2.71 bits per heavy atom. The van der Waals surface area contributed by atoms with E-state index in [0.717, 1.165) is 19.4 Å². The van der Waals surface area contributed by atoms with Gasteiger partial charge in [-0.25, -0.2) is 0 Å². The summed E-state index contributed by atoms with van der Waals surface area (Å²) in [5.74, 6) is 0. The van der Waals surface area contributed by atoms with Gasteiger partial charge in [-0.15, -0.1) is 0 Å². The van der Waals surface area contributed by atoms with Gasteiger partial charge in [0, 0.05) is 19.7 Å². The van der Waals surface area contributed by atoms with Crippen molar-refractivity contribution in [3.05, 3.63) is 0 Å². The molecule has 1 aliphatic rings. The average Bonchev–Trinajstić information content (AvgIpc) is 2.13. The van der Waals surface area contributed by atoms with Gasteiger partial charge in [0.1, 0.15) is 6.61 Å². The third-order valence-corrected chi connectivity index (χ3v) is 2.78. The van der Waals surface area contributed by atoms with Crippen LogP contribution in [-0.4, -0.2) is 54.6 Å². The van der Waals surface area contributed by atoms with Crippen molar-refractivity contribution in [3.8, 4) is 0 Å². The normalized spacial score (nSPS) is 27.4. The van der Waals surface area contributed by atoms with Gasteiger partial charge in [0.15, 0.2) is 0 Å². The topological polar surface area (TPSA) is 32.7 Å². The fraction of sp³-hybridized carbons (Fsp3) is 1.00. The summed E-state index contributed by atoms with van der Waals surface area (Å²) in [4.78, 5) is 2.07. The second kappa shape index (κ2) is 6.02. The van der Waals surface area contributed by atoms with E-state index in [4.69, 9.17) is 0 Å². The summed E-state index contributed by atoms with van der Waals surface area (Å²) in [6, 6.07) is 0. The van der Waals surface area contributed by atoms with Crippen LogP contribution in [0.1, 0.15) is 26.2 Å². The molecule has 3 nitrogen and oxygen atoms in total. The Bertz CT molecular complexity index is 231. The second-order valence-corrected chi connectivity index (χ2v) is 4.90. The minimum absolute atomic E-state index is 0.109. The van der Waals surface area contributed by atoms with E-state index >= 15 is 0 Å². The Labute approximate surface area is 99.5 Å². The molecule has 0 aromatic heterocycles. The van der Waals surface area contributed by atoms with Crippen LogP contribution in [0.15, 0.2) is 0 Å². The number of rotatable bonds is 5. The lowest BCUT2D eigenvalue weighted by molar-refractivity contribution is -0.174. The molecule has 102 valence electrons. The third kappa shape index (κ3) is 6.85. The van der Waals surface area contributed by atoms with Crippen LogP contribution in [-0.2, 0) is 4.74 Å². The molecule has 6 heteroatoms. The molecule has 0 saturated carbocycles. The van der Waals surface area contributed by atoms with Crippen LogP contribution in [0.4, 0.5) is 13.2 Å². The van der Waals surface area contributed by atoms with Gasteiger partial charge in [-0.2, -0.15) is 13.2 Å². The Morgan fingerprint density at radius 1 is 1.41 bits per heavy atom. The average molecular weight is 255 g/mol. The number of likely N-dealkylation sites (tertiary alicyclic amines) is 1. The van der Waals surface area contributed by atoms with Crippen molar-refractivity contribution < 1.29 is 23.0 Å². The summed E-state index contributed by atoms with van der Waals surface area (Å²) in [5.41, 5.74) is -0.662. The number of halogens is 3. The number of aliphatic hydroxyl groups is 1. The van der Waals surface area contributed by atoms with E-state index in [-0.39, 0.29) is 6.61 Å². The van der Waals surface area contributed by atoms with Crippen molar-refractivity contribution in [3.63, 3.8) is 0 Å². The summed E-state index contributed by atoms with van der Waals surface area (Å²) in [6.45, 7) is 2.89. The first-order valence-corrected chi connectivity index (χ1v) is 5.88. The second-order valence-electron chi connectivity index (χ2n) is 4.90. The third-order valence-electron chi connectivity index (χ3n) is 2.78. The smallest absolute Gasteiger partial charge is 0.389 e. The molecule has 0 radical (unpaired) electrons. The van der Waals surface area contributed by atoms with Crippen LogP contribution in [0, 0.1) is 0 Å². The SMILES string of the molecule is CC1(O)CCCN(CCCOCC(F)(F)F)C1. The van der Waals surface area contributed by atoms with E-state index in [9.17, 15) is 18.3 Å². The molecule has 0 aliphatic carbocycles. The zero-order chi connectivity index (χ0) is 12.9. The monoisotopic (exact) mass is 255 g/mol. The van der Waals surface area contributed by atoms with E-state index in [2.05, 4.69) is 9.64 Å². The summed E-state index contributed by atoms with van der Waals surface area (Å²) in [7, 11) is 0. The van der Waals surface area contributed by atoms with Gasteiger partial charge in [-0.3, -0.25) is 0 Å².